The van der Waals surface area contributed by atoms with Gasteiger partial charge in [-0.3, -0.25) is 4.79 Å². The van der Waals surface area contributed by atoms with Crippen molar-refractivity contribution in [1.82, 2.24) is 15.3 Å². The maximum Gasteiger partial charge on any atom is 0.329 e. The highest BCUT2D eigenvalue weighted by atomic mass is 35.5. The SMILES string of the molecule is CCOC(=O)[C@H](CSC(c1ccccc1)(c1ccccc1)c1ccccc1)NC(=O)C(C)(C)SCc1cnc[nH]1.Cl. The average Bonchev–Trinajstić information content (AvgIpc) is 3.51. The van der Waals surface area contributed by atoms with Crippen LogP contribution in [0.15, 0.2) is 104 Å². The molecule has 1 heterocycles. The molecule has 0 aliphatic carbocycles. The summed E-state index contributed by atoms with van der Waals surface area (Å²) >= 11 is 3.10. The summed E-state index contributed by atoms with van der Waals surface area (Å²) in [5, 5.41) is 3.02. The van der Waals surface area contributed by atoms with Gasteiger partial charge in [0.15, 0.2) is 0 Å². The van der Waals surface area contributed by atoms with Crippen LogP contribution in [0.4, 0.5) is 0 Å². The molecule has 0 unspecified atom stereocenters. The van der Waals surface area contributed by atoms with E-state index in [4.69, 9.17) is 4.74 Å². The van der Waals surface area contributed by atoms with Crippen molar-refractivity contribution in [3.8, 4) is 0 Å². The summed E-state index contributed by atoms with van der Waals surface area (Å²) in [6.45, 7) is 5.73. The van der Waals surface area contributed by atoms with E-state index in [1.807, 2.05) is 68.4 Å². The third-order valence-corrected chi connectivity index (χ3v) is 9.58. The first kappa shape index (κ1) is 32.3. The van der Waals surface area contributed by atoms with Gasteiger partial charge in [-0.25, -0.2) is 9.78 Å². The number of benzene rings is 3. The summed E-state index contributed by atoms with van der Waals surface area (Å²) in [5.41, 5.74) is 4.19. The number of imidazole rings is 1. The van der Waals surface area contributed by atoms with Crippen LogP contribution in [0.25, 0.3) is 0 Å². The third-order valence-electron chi connectivity index (χ3n) is 6.57. The Kier molecular flexibility index (Phi) is 11.9. The normalized spacial score (nSPS) is 12.2. The Morgan fingerprint density at radius 3 is 1.83 bits per heavy atom. The number of esters is 1. The average molecular weight is 610 g/mol. The van der Waals surface area contributed by atoms with E-state index < -0.39 is 21.5 Å². The van der Waals surface area contributed by atoms with Crippen molar-refractivity contribution in [2.24, 2.45) is 0 Å². The molecule has 41 heavy (non-hydrogen) atoms. The van der Waals surface area contributed by atoms with E-state index >= 15 is 0 Å². The Hall–Kier alpha value is -3.20. The second kappa shape index (κ2) is 15.1. The quantitative estimate of drug-likeness (QED) is 0.131. The second-order valence-electron chi connectivity index (χ2n) is 9.74. The third kappa shape index (κ3) is 7.97. The Morgan fingerprint density at radius 2 is 1.39 bits per heavy atom. The number of nitrogens with one attached hydrogen (secondary N) is 2. The predicted octanol–water partition coefficient (Wildman–Crippen LogP) is 6.62. The van der Waals surface area contributed by atoms with Crippen LogP contribution in [-0.4, -0.2) is 45.0 Å². The zero-order valence-corrected chi connectivity index (χ0v) is 25.9. The van der Waals surface area contributed by atoms with Gasteiger partial charge in [0.05, 0.1) is 22.4 Å². The number of carbonyl (C=O) groups excluding carboxylic acids is 2. The van der Waals surface area contributed by atoms with Crippen molar-refractivity contribution < 1.29 is 14.3 Å². The molecular formula is C32H36ClN3O3S2. The molecule has 0 spiro atoms. The standard InChI is InChI=1S/C32H35N3O3S2.ClH/c1-4-38-29(36)28(35-30(37)31(2,3)39-21-27-20-33-23-34-27)22-40-32(24-14-8-5-9-15-24,25-16-10-6-11-17-25)26-18-12-7-13-19-26;/h5-20,23,28H,4,21-22H2,1-3H3,(H,33,34)(H,35,37);1H/t28-;/m0./s1. The Morgan fingerprint density at radius 1 is 0.878 bits per heavy atom. The number of hydrogen-bond acceptors (Lipinski definition) is 6. The van der Waals surface area contributed by atoms with Gasteiger partial charge in [-0.2, -0.15) is 0 Å². The van der Waals surface area contributed by atoms with Gasteiger partial charge in [-0.15, -0.1) is 35.9 Å². The highest BCUT2D eigenvalue weighted by molar-refractivity contribution is 8.01. The van der Waals surface area contributed by atoms with E-state index in [9.17, 15) is 9.59 Å². The number of halogens is 1. The fraction of sp³-hybridized carbons (Fsp3) is 0.281. The van der Waals surface area contributed by atoms with Crippen LogP contribution in [0.5, 0.6) is 0 Å². The molecular weight excluding hydrogens is 574 g/mol. The molecule has 9 heteroatoms. The van der Waals surface area contributed by atoms with E-state index in [1.54, 1.807) is 31.2 Å². The van der Waals surface area contributed by atoms with E-state index in [0.717, 1.165) is 22.4 Å². The number of rotatable bonds is 13. The van der Waals surface area contributed by atoms with Crippen molar-refractivity contribution >= 4 is 47.8 Å². The lowest BCUT2D eigenvalue weighted by Gasteiger charge is -2.36. The Bertz CT molecular complexity index is 1260. The lowest BCUT2D eigenvalue weighted by atomic mass is 9.84. The van der Waals surface area contributed by atoms with Gasteiger partial charge in [0.2, 0.25) is 5.91 Å². The predicted molar refractivity (Wildman–Crippen MR) is 171 cm³/mol. The number of hydrogen-bond donors (Lipinski definition) is 2. The second-order valence-corrected chi connectivity index (χ2v) is 12.6. The summed E-state index contributed by atoms with van der Waals surface area (Å²) < 4.78 is 4.03. The van der Waals surface area contributed by atoms with Crippen molar-refractivity contribution in [3.05, 3.63) is 126 Å². The van der Waals surface area contributed by atoms with Crippen molar-refractivity contribution in [2.75, 3.05) is 12.4 Å². The Balaban J connectivity index is 0.00000462. The summed E-state index contributed by atoms with van der Waals surface area (Å²) in [4.78, 5) is 33.8. The zero-order chi connectivity index (χ0) is 28.4. The van der Waals surface area contributed by atoms with Gasteiger partial charge in [0.1, 0.15) is 6.04 Å². The molecule has 3 aromatic carbocycles. The smallest absolute Gasteiger partial charge is 0.329 e. The van der Waals surface area contributed by atoms with Crippen LogP contribution in [0.2, 0.25) is 0 Å². The topological polar surface area (TPSA) is 84.1 Å². The molecule has 1 aromatic heterocycles. The van der Waals surface area contributed by atoms with Crippen molar-refractivity contribution in [1.29, 1.82) is 0 Å². The summed E-state index contributed by atoms with van der Waals surface area (Å²) in [7, 11) is 0. The fourth-order valence-electron chi connectivity index (χ4n) is 4.41. The molecule has 0 aliphatic rings. The molecule has 0 radical (unpaired) electrons. The lowest BCUT2D eigenvalue weighted by molar-refractivity contribution is -0.146. The fourth-order valence-corrected chi connectivity index (χ4v) is 6.82. The van der Waals surface area contributed by atoms with Gasteiger partial charge in [0, 0.05) is 23.4 Å². The van der Waals surface area contributed by atoms with Crippen LogP contribution in [0.3, 0.4) is 0 Å². The highest BCUT2D eigenvalue weighted by Crippen LogP contribution is 2.48. The van der Waals surface area contributed by atoms with Crippen LogP contribution in [0.1, 0.15) is 43.2 Å². The van der Waals surface area contributed by atoms with Crippen molar-refractivity contribution in [3.63, 3.8) is 0 Å². The zero-order valence-electron chi connectivity index (χ0n) is 23.4. The molecule has 0 bridgehead atoms. The first-order valence-corrected chi connectivity index (χ1v) is 15.2. The maximum atomic E-state index is 13.5. The van der Waals surface area contributed by atoms with Crippen LogP contribution in [-0.2, 0) is 24.8 Å². The summed E-state index contributed by atoms with van der Waals surface area (Å²) in [6.07, 6.45) is 3.37. The molecule has 1 amide bonds. The lowest BCUT2D eigenvalue weighted by Crippen LogP contribution is -2.50. The molecule has 1 atom stereocenters. The first-order chi connectivity index (χ1) is 19.4. The first-order valence-electron chi connectivity index (χ1n) is 13.3. The van der Waals surface area contributed by atoms with E-state index in [0.29, 0.717) is 11.5 Å². The van der Waals surface area contributed by atoms with Gasteiger partial charge in [-0.05, 0) is 37.5 Å². The minimum Gasteiger partial charge on any atom is -0.464 e. The van der Waals surface area contributed by atoms with E-state index in [2.05, 4.69) is 51.7 Å². The summed E-state index contributed by atoms with van der Waals surface area (Å²) in [6, 6.07) is 30.0. The highest BCUT2D eigenvalue weighted by Gasteiger charge is 2.40. The van der Waals surface area contributed by atoms with Gasteiger partial charge >= 0.3 is 5.97 Å². The molecule has 0 saturated carbocycles. The molecule has 4 aromatic rings. The molecule has 0 fully saturated rings. The van der Waals surface area contributed by atoms with Crippen LogP contribution >= 0.6 is 35.9 Å². The number of aromatic amines is 1. The number of aromatic nitrogens is 2. The molecule has 0 aliphatic heterocycles. The molecule has 216 valence electrons. The van der Waals surface area contributed by atoms with E-state index in [1.165, 1.54) is 11.8 Å². The largest absolute Gasteiger partial charge is 0.464 e. The number of thioether (sulfide) groups is 2. The molecule has 2 N–H and O–H groups in total. The number of carbonyl (C=O) groups is 2. The van der Waals surface area contributed by atoms with Gasteiger partial charge in [0.25, 0.3) is 0 Å². The Labute approximate surface area is 256 Å². The van der Waals surface area contributed by atoms with Crippen molar-refractivity contribution in [2.45, 2.75) is 42.1 Å². The van der Waals surface area contributed by atoms with Gasteiger partial charge < -0.3 is 15.0 Å². The number of nitrogens with zero attached hydrogens (tertiary/aromatic N) is 1. The number of amides is 1. The maximum absolute atomic E-state index is 13.5. The van der Waals surface area contributed by atoms with Crippen LogP contribution in [0, 0.1) is 0 Å². The van der Waals surface area contributed by atoms with Crippen LogP contribution < -0.4 is 5.32 Å². The number of H-pyrrole nitrogens is 1. The van der Waals surface area contributed by atoms with E-state index in [-0.39, 0.29) is 24.9 Å². The van der Waals surface area contributed by atoms with Gasteiger partial charge in [-0.1, -0.05) is 91.0 Å². The summed E-state index contributed by atoms with van der Waals surface area (Å²) in [5.74, 6) is 0.240. The molecule has 4 rings (SSSR count). The minimum absolute atomic E-state index is 0. The monoisotopic (exact) mass is 609 g/mol. The molecule has 0 saturated heterocycles. The minimum atomic E-state index is -0.833. The number of ether oxygens (including phenoxy) is 1. The molecule has 6 nitrogen and oxygen atoms in total.